The monoisotopic (exact) mass is 366 g/mol. The first-order valence-electron chi connectivity index (χ1n) is 7.80. The molecule has 1 heterocycles. The number of amides is 2. The molecule has 6 heteroatoms. The molecule has 0 aliphatic heterocycles. The van der Waals surface area contributed by atoms with Gasteiger partial charge in [-0.15, -0.1) is 0 Å². The van der Waals surface area contributed by atoms with Crippen LogP contribution in [0.5, 0.6) is 0 Å². The highest BCUT2D eigenvalue weighted by molar-refractivity contribution is 6.30. The van der Waals surface area contributed by atoms with E-state index in [0.29, 0.717) is 16.4 Å². The topological polar surface area (TPSA) is 71.3 Å². The van der Waals surface area contributed by atoms with E-state index in [1.165, 1.54) is 12.3 Å². The zero-order valence-corrected chi connectivity index (χ0v) is 14.4. The fraction of sp³-hybridized carbons (Fsp3) is 0. The Labute approximate surface area is 155 Å². The molecule has 2 aromatic carbocycles. The molecule has 2 N–H and O–H groups in total. The van der Waals surface area contributed by atoms with E-state index in [2.05, 4.69) is 10.6 Å². The summed E-state index contributed by atoms with van der Waals surface area (Å²) in [6.45, 7) is 0. The lowest BCUT2D eigenvalue weighted by Crippen LogP contribution is -2.11. The third-order valence-electron chi connectivity index (χ3n) is 3.45. The maximum Gasteiger partial charge on any atom is 0.291 e. The number of rotatable bonds is 5. The van der Waals surface area contributed by atoms with Gasteiger partial charge < -0.3 is 15.1 Å². The Kier molecular flexibility index (Phi) is 5.51. The summed E-state index contributed by atoms with van der Waals surface area (Å²) < 4.78 is 5.03. The zero-order chi connectivity index (χ0) is 18.4. The number of halogens is 1. The van der Waals surface area contributed by atoms with Crippen LogP contribution in [0.2, 0.25) is 5.02 Å². The highest BCUT2D eigenvalue weighted by Gasteiger charge is 2.08. The summed E-state index contributed by atoms with van der Waals surface area (Å²) in [4.78, 5) is 23.9. The van der Waals surface area contributed by atoms with Gasteiger partial charge in [-0.2, -0.15) is 0 Å². The van der Waals surface area contributed by atoms with E-state index in [0.717, 1.165) is 5.56 Å². The molecule has 0 atom stereocenters. The summed E-state index contributed by atoms with van der Waals surface area (Å²) in [6.07, 6.45) is 4.57. The minimum atomic E-state index is -0.335. The van der Waals surface area contributed by atoms with Gasteiger partial charge in [0.25, 0.3) is 5.91 Å². The van der Waals surface area contributed by atoms with Gasteiger partial charge in [0.05, 0.1) is 6.26 Å². The van der Waals surface area contributed by atoms with Crippen LogP contribution in [0, 0.1) is 0 Å². The highest BCUT2D eigenvalue weighted by atomic mass is 35.5. The summed E-state index contributed by atoms with van der Waals surface area (Å²) >= 11 is 5.82. The Morgan fingerprint density at radius 2 is 1.54 bits per heavy atom. The van der Waals surface area contributed by atoms with Crippen LogP contribution in [0.4, 0.5) is 11.4 Å². The van der Waals surface area contributed by atoms with Crippen LogP contribution in [0.1, 0.15) is 16.1 Å². The molecule has 3 rings (SSSR count). The molecule has 2 amide bonds. The number of anilines is 2. The van der Waals surface area contributed by atoms with Gasteiger partial charge in [-0.25, -0.2) is 0 Å². The average molecular weight is 367 g/mol. The Morgan fingerprint density at radius 1 is 0.885 bits per heavy atom. The van der Waals surface area contributed by atoms with Crippen molar-refractivity contribution in [2.45, 2.75) is 0 Å². The standard InChI is InChI=1S/C20H15ClN2O3/c21-15-6-3-14(4-7-15)5-12-19(24)22-16-8-10-17(11-9-16)23-20(25)18-2-1-13-26-18/h1-13H,(H,22,24)(H,23,25)/b12-5+. The molecule has 0 spiro atoms. The number of furan rings is 1. The van der Waals surface area contributed by atoms with Crippen molar-refractivity contribution >= 4 is 40.9 Å². The smallest absolute Gasteiger partial charge is 0.291 e. The normalized spacial score (nSPS) is 10.7. The third kappa shape index (κ3) is 4.84. The van der Waals surface area contributed by atoms with E-state index < -0.39 is 0 Å². The molecule has 5 nitrogen and oxygen atoms in total. The van der Waals surface area contributed by atoms with Crippen LogP contribution < -0.4 is 10.6 Å². The number of carbonyl (C=O) groups excluding carboxylic acids is 2. The van der Waals surface area contributed by atoms with Crippen molar-refractivity contribution < 1.29 is 14.0 Å². The molecule has 0 unspecified atom stereocenters. The van der Waals surface area contributed by atoms with Crippen molar-refractivity contribution in [3.8, 4) is 0 Å². The van der Waals surface area contributed by atoms with Crippen molar-refractivity contribution in [3.63, 3.8) is 0 Å². The molecule has 0 aliphatic carbocycles. The first-order chi connectivity index (χ1) is 12.6. The largest absolute Gasteiger partial charge is 0.459 e. The van der Waals surface area contributed by atoms with E-state index in [4.69, 9.17) is 16.0 Å². The lowest BCUT2D eigenvalue weighted by molar-refractivity contribution is -0.111. The highest BCUT2D eigenvalue weighted by Crippen LogP contribution is 2.15. The molecule has 0 aliphatic rings. The minimum absolute atomic E-state index is 0.231. The number of hydrogen-bond acceptors (Lipinski definition) is 3. The SMILES string of the molecule is O=C(/C=C/c1ccc(Cl)cc1)Nc1ccc(NC(=O)c2ccco2)cc1. The first-order valence-corrected chi connectivity index (χ1v) is 8.17. The number of carbonyl (C=O) groups is 2. The third-order valence-corrected chi connectivity index (χ3v) is 3.70. The fourth-order valence-electron chi connectivity index (χ4n) is 2.17. The molecule has 1 aromatic heterocycles. The van der Waals surface area contributed by atoms with E-state index in [1.807, 2.05) is 12.1 Å². The summed E-state index contributed by atoms with van der Waals surface area (Å²) in [5.74, 6) is -0.361. The Bertz CT molecular complexity index is 915. The lowest BCUT2D eigenvalue weighted by Gasteiger charge is -2.06. The van der Waals surface area contributed by atoms with Gasteiger partial charge in [-0.1, -0.05) is 23.7 Å². The molecule has 0 radical (unpaired) electrons. The van der Waals surface area contributed by atoms with Crippen LogP contribution in [0.25, 0.3) is 6.08 Å². The summed E-state index contributed by atoms with van der Waals surface area (Å²) in [5, 5.41) is 6.10. The van der Waals surface area contributed by atoms with Gasteiger partial charge in [0.15, 0.2) is 5.76 Å². The predicted octanol–water partition coefficient (Wildman–Crippen LogP) is 4.84. The van der Waals surface area contributed by atoms with Crippen molar-refractivity contribution in [3.05, 3.63) is 89.3 Å². The van der Waals surface area contributed by atoms with Crippen LogP contribution in [-0.2, 0) is 4.79 Å². The molecule has 0 bridgehead atoms. The minimum Gasteiger partial charge on any atom is -0.459 e. The maximum absolute atomic E-state index is 12.0. The van der Waals surface area contributed by atoms with E-state index in [1.54, 1.807) is 54.6 Å². The fourth-order valence-corrected chi connectivity index (χ4v) is 2.29. The van der Waals surface area contributed by atoms with Crippen molar-refractivity contribution in [2.24, 2.45) is 0 Å². The van der Waals surface area contributed by atoms with Crippen LogP contribution >= 0.6 is 11.6 Å². The van der Waals surface area contributed by atoms with Gasteiger partial charge in [0.2, 0.25) is 5.91 Å². The van der Waals surface area contributed by atoms with E-state index >= 15 is 0 Å². The summed E-state index contributed by atoms with van der Waals surface area (Å²) in [6, 6.07) is 17.2. The van der Waals surface area contributed by atoms with Gasteiger partial charge in [0, 0.05) is 22.5 Å². The molecule has 3 aromatic rings. The predicted molar refractivity (Wildman–Crippen MR) is 102 cm³/mol. The molecular formula is C20H15ClN2O3. The second-order valence-electron chi connectivity index (χ2n) is 5.38. The first kappa shape index (κ1) is 17.5. The Hall–Kier alpha value is -3.31. The van der Waals surface area contributed by atoms with Gasteiger partial charge in [-0.3, -0.25) is 9.59 Å². The second kappa shape index (κ2) is 8.18. The van der Waals surface area contributed by atoms with Crippen molar-refractivity contribution in [1.82, 2.24) is 0 Å². The Balaban J connectivity index is 1.55. The maximum atomic E-state index is 12.0. The molecular weight excluding hydrogens is 352 g/mol. The molecule has 0 fully saturated rings. The molecule has 26 heavy (non-hydrogen) atoms. The zero-order valence-electron chi connectivity index (χ0n) is 13.6. The number of hydrogen-bond donors (Lipinski definition) is 2. The van der Waals surface area contributed by atoms with Crippen LogP contribution in [0.3, 0.4) is 0 Å². The quantitative estimate of drug-likeness (QED) is 0.635. The van der Waals surface area contributed by atoms with Gasteiger partial charge in [0.1, 0.15) is 0 Å². The molecule has 0 saturated heterocycles. The lowest BCUT2D eigenvalue weighted by atomic mass is 10.2. The summed E-state index contributed by atoms with van der Waals surface area (Å²) in [5.41, 5.74) is 2.09. The molecule has 130 valence electrons. The van der Waals surface area contributed by atoms with Crippen LogP contribution in [-0.4, -0.2) is 11.8 Å². The second-order valence-corrected chi connectivity index (χ2v) is 5.82. The van der Waals surface area contributed by atoms with Gasteiger partial charge >= 0.3 is 0 Å². The van der Waals surface area contributed by atoms with Gasteiger partial charge in [-0.05, 0) is 60.2 Å². The summed E-state index contributed by atoms with van der Waals surface area (Å²) in [7, 11) is 0. The van der Waals surface area contributed by atoms with Crippen molar-refractivity contribution in [1.29, 1.82) is 0 Å². The van der Waals surface area contributed by atoms with Crippen molar-refractivity contribution in [2.75, 3.05) is 10.6 Å². The number of benzene rings is 2. The van der Waals surface area contributed by atoms with E-state index in [-0.39, 0.29) is 17.6 Å². The average Bonchev–Trinajstić information content (AvgIpc) is 3.18. The molecule has 0 saturated carbocycles. The Morgan fingerprint density at radius 3 is 2.15 bits per heavy atom. The van der Waals surface area contributed by atoms with E-state index in [9.17, 15) is 9.59 Å². The van der Waals surface area contributed by atoms with Crippen LogP contribution in [0.15, 0.2) is 77.4 Å². The number of nitrogens with one attached hydrogen (secondary N) is 2.